The highest BCUT2D eigenvalue weighted by Crippen LogP contribution is 2.23. The van der Waals surface area contributed by atoms with Gasteiger partial charge in [0.25, 0.3) is 9.05 Å². The minimum Gasteiger partial charge on any atom is -0.490 e. The van der Waals surface area contributed by atoms with Crippen LogP contribution in [0.1, 0.15) is 6.92 Å². The minimum atomic E-state index is -3.98. The number of hydrogen-bond acceptors (Lipinski definition) is 4. The quantitative estimate of drug-likeness (QED) is 0.828. The third kappa shape index (κ3) is 3.85. The Bertz CT molecular complexity index is 561. The average Bonchev–Trinajstić information content (AvgIpc) is 2.25. The van der Waals surface area contributed by atoms with Gasteiger partial charge in [0.1, 0.15) is 0 Å². The summed E-state index contributed by atoms with van der Waals surface area (Å²) in [5.41, 5.74) is 5.01. The third-order valence-electron chi connectivity index (χ3n) is 2.16. The zero-order valence-electron chi connectivity index (χ0n) is 9.39. The molecule has 18 heavy (non-hydrogen) atoms. The van der Waals surface area contributed by atoms with E-state index < -0.39 is 26.7 Å². The topological polar surface area (TPSA) is 86.5 Å². The molecule has 0 aromatic heterocycles. The molecule has 0 saturated carbocycles. The summed E-state index contributed by atoms with van der Waals surface area (Å²) in [6.07, 6.45) is 0. The van der Waals surface area contributed by atoms with Gasteiger partial charge in [0.2, 0.25) is 5.91 Å². The number of halogens is 2. The molecule has 0 aliphatic carbocycles. The monoisotopic (exact) mass is 295 g/mol. The fourth-order valence-corrected chi connectivity index (χ4v) is 1.81. The lowest BCUT2D eigenvalue weighted by Gasteiger charge is -2.10. The number of nitrogens with two attached hydrogens (primary N) is 1. The van der Waals surface area contributed by atoms with E-state index in [2.05, 4.69) is 0 Å². The molecule has 100 valence electrons. The number of primary amides is 1. The minimum absolute atomic E-state index is 0.0980. The fourth-order valence-electron chi connectivity index (χ4n) is 1.05. The van der Waals surface area contributed by atoms with Gasteiger partial charge < -0.3 is 10.5 Å². The summed E-state index contributed by atoms with van der Waals surface area (Å²) in [5.74, 6) is -2.21. The van der Waals surface area contributed by atoms with Gasteiger partial charge in [-0.05, 0) is 18.2 Å². The predicted octanol–water partition coefficient (Wildman–Crippen LogP) is 1.25. The van der Waals surface area contributed by atoms with Crippen LogP contribution in [-0.2, 0) is 13.8 Å². The SMILES string of the molecule is CC(COc1ccc(S(=O)(=O)Cl)cc1F)C(N)=O. The highest BCUT2D eigenvalue weighted by molar-refractivity contribution is 8.13. The largest absolute Gasteiger partial charge is 0.490 e. The molecular weight excluding hydrogens is 285 g/mol. The number of rotatable bonds is 5. The molecule has 0 saturated heterocycles. The molecule has 2 N–H and O–H groups in total. The van der Waals surface area contributed by atoms with Crippen LogP contribution in [0.4, 0.5) is 4.39 Å². The molecule has 1 amide bonds. The normalized spacial score (nSPS) is 13.1. The number of hydrogen-bond donors (Lipinski definition) is 1. The number of amides is 1. The van der Waals surface area contributed by atoms with Crippen molar-refractivity contribution in [1.82, 2.24) is 0 Å². The first-order chi connectivity index (χ1) is 8.21. The maximum atomic E-state index is 13.5. The summed E-state index contributed by atoms with van der Waals surface area (Å²) in [6, 6.07) is 2.97. The van der Waals surface area contributed by atoms with Crippen molar-refractivity contribution in [3.63, 3.8) is 0 Å². The Kier molecular flexibility index (Phi) is 4.53. The highest BCUT2D eigenvalue weighted by Gasteiger charge is 2.15. The maximum Gasteiger partial charge on any atom is 0.261 e. The van der Waals surface area contributed by atoms with Gasteiger partial charge in [0.15, 0.2) is 11.6 Å². The van der Waals surface area contributed by atoms with E-state index in [4.69, 9.17) is 21.2 Å². The first kappa shape index (κ1) is 14.7. The first-order valence-corrected chi connectivity index (χ1v) is 7.19. The van der Waals surface area contributed by atoms with E-state index in [9.17, 15) is 17.6 Å². The summed E-state index contributed by atoms with van der Waals surface area (Å²) in [7, 11) is 1.07. The molecule has 0 fully saturated rings. The lowest BCUT2D eigenvalue weighted by atomic mass is 10.2. The number of carbonyl (C=O) groups excluding carboxylic acids is 1. The maximum absolute atomic E-state index is 13.5. The Morgan fingerprint density at radius 2 is 2.17 bits per heavy atom. The van der Waals surface area contributed by atoms with E-state index in [0.717, 1.165) is 18.2 Å². The Morgan fingerprint density at radius 1 is 1.56 bits per heavy atom. The van der Waals surface area contributed by atoms with Crippen LogP contribution in [0.3, 0.4) is 0 Å². The highest BCUT2D eigenvalue weighted by atomic mass is 35.7. The van der Waals surface area contributed by atoms with Crippen molar-refractivity contribution in [1.29, 1.82) is 0 Å². The van der Waals surface area contributed by atoms with Gasteiger partial charge in [-0.2, -0.15) is 0 Å². The molecule has 0 spiro atoms. The molecule has 0 aliphatic rings. The second-order valence-electron chi connectivity index (χ2n) is 3.64. The first-order valence-electron chi connectivity index (χ1n) is 4.88. The predicted molar refractivity (Wildman–Crippen MR) is 63.3 cm³/mol. The van der Waals surface area contributed by atoms with Crippen LogP contribution >= 0.6 is 10.7 Å². The summed E-state index contributed by atoms with van der Waals surface area (Å²) < 4.78 is 40.4. The van der Waals surface area contributed by atoms with Crippen LogP contribution in [0.25, 0.3) is 0 Å². The Morgan fingerprint density at radius 3 is 2.61 bits per heavy atom. The molecule has 1 aromatic carbocycles. The molecule has 1 aromatic rings. The second kappa shape index (κ2) is 5.53. The summed E-state index contributed by atoms with van der Waals surface area (Å²) in [4.78, 5) is 10.4. The fraction of sp³-hybridized carbons (Fsp3) is 0.300. The van der Waals surface area contributed by atoms with Crippen LogP contribution in [0.15, 0.2) is 23.1 Å². The Hall–Kier alpha value is -1.34. The molecule has 1 rings (SSSR count). The van der Waals surface area contributed by atoms with Crippen molar-refractivity contribution in [3.05, 3.63) is 24.0 Å². The number of benzene rings is 1. The lowest BCUT2D eigenvalue weighted by molar-refractivity contribution is -0.122. The third-order valence-corrected chi connectivity index (χ3v) is 3.51. The van der Waals surface area contributed by atoms with Crippen molar-refractivity contribution in [2.75, 3.05) is 6.61 Å². The number of carbonyl (C=O) groups is 1. The zero-order chi connectivity index (χ0) is 13.9. The van der Waals surface area contributed by atoms with Gasteiger partial charge in [-0.1, -0.05) is 6.92 Å². The Labute approximate surface area is 108 Å². The summed E-state index contributed by atoms with van der Waals surface area (Å²) in [6.45, 7) is 1.43. The van der Waals surface area contributed by atoms with Crippen molar-refractivity contribution in [2.45, 2.75) is 11.8 Å². The van der Waals surface area contributed by atoms with Gasteiger partial charge in [-0.15, -0.1) is 0 Å². The standard InChI is InChI=1S/C10H11ClFNO4S/c1-6(10(13)14)5-17-9-3-2-7(4-8(9)12)18(11,15)16/h2-4,6H,5H2,1H3,(H2,13,14). The van der Waals surface area contributed by atoms with E-state index in [0.29, 0.717) is 0 Å². The molecule has 5 nitrogen and oxygen atoms in total. The van der Waals surface area contributed by atoms with Gasteiger partial charge >= 0.3 is 0 Å². The van der Waals surface area contributed by atoms with Crippen LogP contribution in [0.5, 0.6) is 5.75 Å². The molecular formula is C10H11ClFNO4S. The molecule has 8 heteroatoms. The van der Waals surface area contributed by atoms with Gasteiger partial charge in [0.05, 0.1) is 17.4 Å². The van der Waals surface area contributed by atoms with E-state index in [1.54, 1.807) is 0 Å². The molecule has 1 unspecified atom stereocenters. The molecule has 0 heterocycles. The van der Waals surface area contributed by atoms with Crippen molar-refractivity contribution < 1.29 is 22.3 Å². The molecule has 0 radical (unpaired) electrons. The number of ether oxygens (including phenoxy) is 1. The van der Waals surface area contributed by atoms with Crippen LogP contribution < -0.4 is 10.5 Å². The van der Waals surface area contributed by atoms with Crippen molar-refractivity contribution in [3.8, 4) is 5.75 Å². The van der Waals surface area contributed by atoms with E-state index in [-0.39, 0.29) is 17.3 Å². The van der Waals surface area contributed by atoms with Crippen LogP contribution in [0.2, 0.25) is 0 Å². The van der Waals surface area contributed by atoms with Crippen molar-refractivity contribution >= 4 is 25.6 Å². The summed E-state index contributed by atoms with van der Waals surface area (Å²) >= 11 is 0. The molecule has 1 atom stereocenters. The second-order valence-corrected chi connectivity index (χ2v) is 6.21. The van der Waals surface area contributed by atoms with Crippen LogP contribution in [0, 0.1) is 11.7 Å². The van der Waals surface area contributed by atoms with E-state index in [1.165, 1.54) is 6.92 Å². The van der Waals surface area contributed by atoms with E-state index >= 15 is 0 Å². The Balaban J connectivity index is 2.84. The van der Waals surface area contributed by atoms with Gasteiger partial charge in [-0.3, -0.25) is 4.79 Å². The zero-order valence-corrected chi connectivity index (χ0v) is 11.0. The lowest BCUT2D eigenvalue weighted by Crippen LogP contribution is -2.25. The van der Waals surface area contributed by atoms with Gasteiger partial charge in [-0.25, -0.2) is 12.8 Å². The summed E-state index contributed by atoms with van der Waals surface area (Å²) in [5, 5.41) is 0. The van der Waals surface area contributed by atoms with Gasteiger partial charge in [0, 0.05) is 10.7 Å². The smallest absolute Gasteiger partial charge is 0.261 e. The van der Waals surface area contributed by atoms with E-state index in [1.807, 2.05) is 0 Å². The molecule has 0 aliphatic heterocycles. The molecule has 0 bridgehead atoms. The van der Waals surface area contributed by atoms with Crippen LogP contribution in [-0.4, -0.2) is 20.9 Å². The van der Waals surface area contributed by atoms with Crippen molar-refractivity contribution in [2.24, 2.45) is 11.7 Å². The average molecular weight is 296 g/mol.